The Morgan fingerprint density at radius 1 is 1.11 bits per heavy atom. The highest BCUT2D eigenvalue weighted by molar-refractivity contribution is 7.92. The Kier molecular flexibility index (Phi) is 10.5. The van der Waals surface area contributed by atoms with Gasteiger partial charge in [0.2, 0.25) is 21.8 Å². The topological polar surface area (TPSA) is 86.8 Å². The summed E-state index contributed by atoms with van der Waals surface area (Å²) in [6, 6.07) is 11.8. The van der Waals surface area contributed by atoms with Gasteiger partial charge < -0.3 is 10.2 Å². The molecule has 1 N–H and O–H groups in total. The summed E-state index contributed by atoms with van der Waals surface area (Å²) in [5, 5.41) is 3.41. The van der Waals surface area contributed by atoms with Crippen molar-refractivity contribution in [3.05, 3.63) is 64.9 Å². The minimum absolute atomic E-state index is 0.0258. The molecule has 2 atom stereocenters. The predicted molar refractivity (Wildman–Crippen MR) is 137 cm³/mol. The third kappa shape index (κ3) is 8.50. The van der Waals surface area contributed by atoms with Gasteiger partial charge in [-0.05, 0) is 56.5 Å². The van der Waals surface area contributed by atoms with E-state index < -0.39 is 21.9 Å². The van der Waals surface area contributed by atoms with E-state index in [1.807, 2.05) is 19.9 Å². The van der Waals surface area contributed by atoms with Gasteiger partial charge in [-0.1, -0.05) is 42.8 Å². The second-order valence-electron chi connectivity index (χ2n) is 8.54. The maximum atomic E-state index is 14.3. The molecule has 0 radical (unpaired) electrons. The van der Waals surface area contributed by atoms with Crippen molar-refractivity contribution in [2.45, 2.75) is 58.7 Å². The van der Waals surface area contributed by atoms with Crippen molar-refractivity contribution in [3.8, 4) is 0 Å². The van der Waals surface area contributed by atoms with Gasteiger partial charge in [0.1, 0.15) is 11.9 Å². The van der Waals surface area contributed by atoms with E-state index in [0.29, 0.717) is 5.02 Å². The van der Waals surface area contributed by atoms with Crippen molar-refractivity contribution >= 4 is 39.1 Å². The zero-order valence-electron chi connectivity index (χ0n) is 20.5. The summed E-state index contributed by atoms with van der Waals surface area (Å²) >= 11 is 6.09. The largest absolute Gasteiger partial charge is 0.352 e. The second-order valence-corrected chi connectivity index (χ2v) is 10.9. The van der Waals surface area contributed by atoms with Crippen LogP contribution in [0.2, 0.25) is 5.02 Å². The molecule has 2 aromatic rings. The van der Waals surface area contributed by atoms with Gasteiger partial charge in [0, 0.05) is 30.6 Å². The third-order valence-electron chi connectivity index (χ3n) is 5.68. The molecule has 10 heteroatoms. The lowest BCUT2D eigenvalue weighted by molar-refractivity contribution is -0.140. The fourth-order valence-electron chi connectivity index (χ4n) is 3.52. The van der Waals surface area contributed by atoms with Crippen molar-refractivity contribution in [3.63, 3.8) is 0 Å². The van der Waals surface area contributed by atoms with Crippen LogP contribution in [-0.4, -0.2) is 50.0 Å². The van der Waals surface area contributed by atoms with E-state index in [2.05, 4.69) is 5.32 Å². The van der Waals surface area contributed by atoms with Crippen LogP contribution in [0.15, 0.2) is 48.5 Å². The number of rotatable bonds is 12. The molecular weight excluding hydrogens is 493 g/mol. The molecule has 0 spiro atoms. The minimum atomic E-state index is -3.77. The van der Waals surface area contributed by atoms with E-state index in [0.717, 1.165) is 22.5 Å². The number of halogens is 2. The monoisotopic (exact) mass is 525 g/mol. The van der Waals surface area contributed by atoms with Crippen LogP contribution in [0.3, 0.4) is 0 Å². The highest BCUT2D eigenvalue weighted by atomic mass is 35.5. The maximum Gasteiger partial charge on any atom is 0.242 e. The molecule has 7 nitrogen and oxygen atoms in total. The molecule has 0 aliphatic carbocycles. The molecule has 0 saturated carbocycles. The summed E-state index contributed by atoms with van der Waals surface area (Å²) in [4.78, 5) is 27.5. The highest BCUT2D eigenvalue weighted by Crippen LogP contribution is 2.22. The van der Waals surface area contributed by atoms with Crippen LogP contribution in [-0.2, 0) is 26.2 Å². The third-order valence-corrected chi connectivity index (χ3v) is 7.10. The van der Waals surface area contributed by atoms with Crippen LogP contribution in [0.5, 0.6) is 0 Å². The first kappa shape index (κ1) is 28.6. The predicted octanol–water partition coefficient (Wildman–Crippen LogP) is 4.36. The number of hydrogen-bond donors (Lipinski definition) is 1. The van der Waals surface area contributed by atoms with Crippen molar-refractivity contribution in [1.29, 1.82) is 0 Å². The second kappa shape index (κ2) is 12.9. The molecule has 0 aliphatic rings. The van der Waals surface area contributed by atoms with E-state index in [4.69, 9.17) is 11.6 Å². The Labute approximate surface area is 212 Å². The van der Waals surface area contributed by atoms with Crippen molar-refractivity contribution in [2.24, 2.45) is 0 Å². The normalized spacial score (nSPS) is 13.1. The SMILES string of the molecule is CC[C@@H](C)NC(=O)[C@H](C)N(Cc1cccc(Cl)c1)C(=O)CCCN(c1ccccc1F)S(C)(=O)=O. The van der Waals surface area contributed by atoms with Crippen LogP contribution in [0, 0.1) is 5.82 Å². The molecule has 2 rings (SSSR count). The number of hydrogen-bond acceptors (Lipinski definition) is 4. The molecule has 2 amide bonds. The lowest BCUT2D eigenvalue weighted by Gasteiger charge is -2.30. The van der Waals surface area contributed by atoms with E-state index in [1.165, 1.54) is 23.1 Å². The van der Waals surface area contributed by atoms with Crippen LogP contribution < -0.4 is 9.62 Å². The van der Waals surface area contributed by atoms with Gasteiger partial charge in [0.15, 0.2) is 0 Å². The summed E-state index contributed by atoms with van der Waals surface area (Å²) in [6.07, 6.45) is 1.86. The average molecular weight is 526 g/mol. The smallest absolute Gasteiger partial charge is 0.242 e. The van der Waals surface area contributed by atoms with Gasteiger partial charge in [-0.3, -0.25) is 13.9 Å². The number of carbonyl (C=O) groups excluding carboxylic acids is 2. The first-order chi connectivity index (χ1) is 16.4. The molecule has 2 aromatic carbocycles. The Morgan fingerprint density at radius 2 is 1.80 bits per heavy atom. The Balaban J connectivity index is 2.18. The lowest BCUT2D eigenvalue weighted by atomic mass is 10.1. The van der Waals surface area contributed by atoms with Gasteiger partial charge in [-0.25, -0.2) is 12.8 Å². The first-order valence-electron chi connectivity index (χ1n) is 11.5. The molecule has 35 heavy (non-hydrogen) atoms. The number of nitrogens with zero attached hydrogens (tertiary/aromatic N) is 2. The molecule has 0 unspecified atom stereocenters. The number of para-hydroxylation sites is 1. The number of amides is 2. The fraction of sp³-hybridized carbons (Fsp3) is 0.440. The summed E-state index contributed by atoms with van der Waals surface area (Å²) in [6.45, 7) is 5.58. The summed E-state index contributed by atoms with van der Waals surface area (Å²) in [7, 11) is -3.77. The number of anilines is 1. The molecule has 0 fully saturated rings. The number of sulfonamides is 1. The van der Waals surface area contributed by atoms with Crippen LogP contribution in [0.25, 0.3) is 0 Å². The minimum Gasteiger partial charge on any atom is -0.352 e. The first-order valence-corrected chi connectivity index (χ1v) is 13.7. The van der Waals surface area contributed by atoms with Crippen molar-refractivity contribution < 1.29 is 22.4 Å². The molecule has 0 aromatic heterocycles. The van der Waals surface area contributed by atoms with E-state index >= 15 is 0 Å². The molecular formula is C25H33ClFN3O4S. The zero-order chi connectivity index (χ0) is 26.2. The summed E-state index contributed by atoms with van der Waals surface area (Å²) in [5.41, 5.74) is 0.692. The van der Waals surface area contributed by atoms with Gasteiger partial charge >= 0.3 is 0 Å². The summed E-state index contributed by atoms with van der Waals surface area (Å²) < 4.78 is 39.8. The maximum absolute atomic E-state index is 14.3. The van der Waals surface area contributed by atoms with E-state index in [9.17, 15) is 22.4 Å². The summed E-state index contributed by atoms with van der Waals surface area (Å²) in [5.74, 6) is -1.26. The van der Waals surface area contributed by atoms with Gasteiger partial charge in [-0.2, -0.15) is 0 Å². The van der Waals surface area contributed by atoms with Crippen molar-refractivity contribution in [2.75, 3.05) is 17.1 Å². The highest BCUT2D eigenvalue weighted by Gasteiger charge is 2.27. The Hall–Kier alpha value is -2.65. The molecule has 0 aliphatic heterocycles. The van der Waals surface area contributed by atoms with Crippen LogP contribution >= 0.6 is 11.6 Å². The number of benzene rings is 2. The van der Waals surface area contributed by atoms with E-state index in [-0.39, 0.29) is 49.5 Å². The van der Waals surface area contributed by atoms with E-state index in [1.54, 1.807) is 31.2 Å². The quantitative estimate of drug-likeness (QED) is 0.446. The standard InChI is InChI=1S/C25H33ClFN3O4S/c1-5-18(2)28-25(32)19(3)29(17-20-10-8-11-21(26)16-20)24(31)14-9-15-30(35(4,33)34)23-13-7-6-12-22(23)27/h6-8,10-13,16,18-19H,5,9,14-15,17H2,1-4H3,(H,28,32)/t18-,19+/m1/s1. The van der Waals surface area contributed by atoms with Gasteiger partial charge in [-0.15, -0.1) is 0 Å². The average Bonchev–Trinajstić information content (AvgIpc) is 2.79. The zero-order valence-corrected chi connectivity index (χ0v) is 22.1. The molecule has 192 valence electrons. The molecule has 0 bridgehead atoms. The lowest BCUT2D eigenvalue weighted by Crippen LogP contribution is -2.49. The van der Waals surface area contributed by atoms with Crippen LogP contribution in [0.4, 0.5) is 10.1 Å². The fourth-order valence-corrected chi connectivity index (χ4v) is 4.70. The van der Waals surface area contributed by atoms with Gasteiger partial charge in [0.25, 0.3) is 0 Å². The Bertz CT molecular complexity index is 1130. The molecule has 0 saturated heterocycles. The van der Waals surface area contributed by atoms with Gasteiger partial charge in [0.05, 0.1) is 11.9 Å². The number of carbonyl (C=O) groups is 2. The number of nitrogens with one attached hydrogen (secondary N) is 1. The van der Waals surface area contributed by atoms with Crippen LogP contribution in [0.1, 0.15) is 45.6 Å². The Morgan fingerprint density at radius 3 is 2.40 bits per heavy atom. The van der Waals surface area contributed by atoms with Crippen molar-refractivity contribution in [1.82, 2.24) is 10.2 Å². The molecule has 0 heterocycles.